The van der Waals surface area contributed by atoms with Crippen LogP contribution >= 0.6 is 11.3 Å². The van der Waals surface area contributed by atoms with Crippen molar-refractivity contribution in [1.29, 1.82) is 0 Å². The Kier molecular flexibility index (Phi) is 19.9. The van der Waals surface area contributed by atoms with E-state index < -0.39 is 47.8 Å². The van der Waals surface area contributed by atoms with Gasteiger partial charge in [0.15, 0.2) is 16.9 Å². The second-order valence-corrected chi connectivity index (χ2v) is 16.6. The summed E-state index contributed by atoms with van der Waals surface area (Å²) in [7, 11) is 0. The number of guanidine groups is 2. The molecule has 0 aliphatic heterocycles. The second-order valence-electron chi connectivity index (χ2n) is 15.5. The van der Waals surface area contributed by atoms with Gasteiger partial charge in [-0.15, -0.1) is 11.3 Å². The summed E-state index contributed by atoms with van der Waals surface area (Å²) in [5.41, 5.74) is 24.3. The number of thiazole rings is 1. The number of unbranched alkanes of at least 4 members (excludes halogenated alkanes) is 1. The Labute approximate surface area is 371 Å². The van der Waals surface area contributed by atoms with Gasteiger partial charge in [-0.3, -0.25) is 34.0 Å². The first kappa shape index (κ1) is 49.2. The van der Waals surface area contributed by atoms with Crippen molar-refractivity contribution in [1.82, 2.24) is 35.8 Å². The zero-order chi connectivity index (χ0) is 45.7. The number of aliphatic imine (C=N–C) groups is 2. The van der Waals surface area contributed by atoms with Crippen molar-refractivity contribution in [2.24, 2.45) is 38.8 Å². The number of fused-ring (bicyclic) bond motifs is 1. The lowest BCUT2D eigenvalue weighted by Crippen LogP contribution is -2.58. The highest BCUT2D eigenvalue weighted by Gasteiger charge is 2.32. The maximum Gasteiger partial charge on any atom is 0.243 e. The maximum absolute atomic E-state index is 14.3. The van der Waals surface area contributed by atoms with Crippen LogP contribution < -0.4 is 44.2 Å². The number of nitrogens with two attached hydrogens (primary N) is 4. The van der Waals surface area contributed by atoms with Crippen molar-refractivity contribution in [3.63, 3.8) is 0 Å². The summed E-state index contributed by atoms with van der Waals surface area (Å²) in [6, 6.07) is 12.7. The molecule has 2 heterocycles. The monoisotopic (exact) mass is 887 g/mol. The molecule has 63 heavy (non-hydrogen) atoms. The summed E-state index contributed by atoms with van der Waals surface area (Å²) >= 11 is 1.22. The van der Waals surface area contributed by atoms with E-state index in [4.69, 9.17) is 27.7 Å². The Balaban J connectivity index is 1.54. The summed E-state index contributed by atoms with van der Waals surface area (Å²) in [4.78, 5) is 85.7. The quantitative estimate of drug-likeness (QED) is 0.0185. The number of ketones is 1. The van der Waals surface area contributed by atoms with Gasteiger partial charge in [0.1, 0.15) is 24.9 Å². The average Bonchev–Trinajstić information content (AvgIpc) is 3.89. The van der Waals surface area contributed by atoms with Gasteiger partial charge in [0.2, 0.25) is 29.4 Å². The molecule has 0 saturated heterocycles. The van der Waals surface area contributed by atoms with Crippen LogP contribution in [0.15, 0.2) is 77.1 Å². The van der Waals surface area contributed by atoms with Crippen molar-refractivity contribution in [2.75, 3.05) is 13.1 Å². The third-order valence-electron chi connectivity index (χ3n) is 9.82. The van der Waals surface area contributed by atoms with Gasteiger partial charge in [-0.1, -0.05) is 56.3 Å². The van der Waals surface area contributed by atoms with Crippen LogP contribution in [0.5, 0.6) is 0 Å². The fourth-order valence-electron chi connectivity index (χ4n) is 6.56. The minimum Gasteiger partial charge on any atom is -0.370 e. The number of nitrogens with zero attached hydrogens (tertiary/aromatic N) is 5. The molecule has 340 valence electrons. The number of amides is 4. The Morgan fingerprint density at radius 3 is 1.98 bits per heavy atom. The molecule has 0 bridgehead atoms. The van der Waals surface area contributed by atoms with Gasteiger partial charge < -0.3 is 53.5 Å². The van der Waals surface area contributed by atoms with Gasteiger partial charge in [0.05, 0.1) is 29.2 Å². The molecule has 2 aromatic carbocycles. The Bertz CT molecular complexity index is 2130. The Hall–Kier alpha value is -6.41. The molecular weight excluding hydrogens is 827 g/mol. The van der Waals surface area contributed by atoms with Crippen LogP contribution in [-0.4, -0.2) is 93.1 Å². The van der Waals surface area contributed by atoms with E-state index in [2.05, 4.69) is 41.2 Å². The Morgan fingerprint density at radius 1 is 0.730 bits per heavy atom. The first-order valence-electron chi connectivity index (χ1n) is 21.0. The number of carbonyl (C=O) groups is 5. The number of imidazole rings is 1. The Morgan fingerprint density at radius 2 is 1.33 bits per heavy atom. The van der Waals surface area contributed by atoms with Crippen LogP contribution in [0.25, 0.3) is 10.2 Å². The first-order valence-corrected chi connectivity index (χ1v) is 21.8. The average molecular weight is 888 g/mol. The first-order chi connectivity index (χ1) is 30.2. The zero-order valence-electron chi connectivity index (χ0n) is 36.1. The van der Waals surface area contributed by atoms with Crippen LogP contribution in [0.3, 0.4) is 0 Å². The van der Waals surface area contributed by atoms with Crippen molar-refractivity contribution in [3.8, 4) is 0 Å². The molecule has 12 N–H and O–H groups in total. The summed E-state index contributed by atoms with van der Waals surface area (Å²) < 4.78 is 8.43. The van der Waals surface area contributed by atoms with E-state index in [1.54, 1.807) is 23.2 Å². The lowest BCUT2D eigenvalue weighted by atomic mass is 10.00. The van der Waals surface area contributed by atoms with Crippen LogP contribution in [0.1, 0.15) is 86.8 Å². The molecular formula is C43H61N13O6S. The number of Topliss-reactive ketones (excluding diaryl/α,β-unsaturated/α-hetero) is 1. The number of ether oxygens (including phenoxy) is 1. The predicted octanol–water partition coefficient (Wildman–Crippen LogP) is 1.99. The van der Waals surface area contributed by atoms with E-state index >= 15 is 0 Å². The molecule has 2 aromatic heterocycles. The molecule has 4 amide bonds. The zero-order valence-corrected chi connectivity index (χ0v) is 36.9. The topological polar surface area (TPSA) is 302 Å². The van der Waals surface area contributed by atoms with Crippen molar-refractivity contribution in [2.45, 2.75) is 110 Å². The van der Waals surface area contributed by atoms with Gasteiger partial charge in [0.25, 0.3) is 0 Å². The summed E-state index contributed by atoms with van der Waals surface area (Å²) in [5.74, 6) is -2.69. The molecule has 0 unspecified atom stereocenters. The molecule has 0 aliphatic rings. The summed E-state index contributed by atoms with van der Waals surface area (Å²) in [6.45, 7) is 6.28. The van der Waals surface area contributed by atoms with E-state index in [0.29, 0.717) is 50.0 Å². The van der Waals surface area contributed by atoms with Gasteiger partial charge >= 0.3 is 0 Å². The fourth-order valence-corrected chi connectivity index (χ4v) is 7.52. The molecule has 20 heteroatoms. The van der Waals surface area contributed by atoms with Gasteiger partial charge in [-0.05, 0) is 68.6 Å². The number of hydrogen-bond donors (Lipinski definition) is 8. The number of rotatable bonds is 27. The second kappa shape index (κ2) is 25.5. The third kappa shape index (κ3) is 17.1. The van der Waals surface area contributed by atoms with E-state index in [9.17, 15) is 24.0 Å². The maximum atomic E-state index is 14.3. The standard InChI is InChI=1S/C43H61N13O6S/c1-27(2)18-19-34(39(60)52-32(16-11-21-50-43(46)47)37(58)41-55-31-14-7-8-17-36(31)63-41)54-38(59)33(15-9-10-20-49-42(44)45)53-40(61)35(51-28(3)57)22-30-23-48-25-56(30)26-62-24-29-12-5-4-6-13-29/h4-8,12-14,17,23,25,27,32-35H,9-11,15-16,18-22,24,26H2,1-3H3,(H,51,57)(H,52,60)(H,53,61)(H,54,59)(H4,44,45,49)(H4,46,47,50)/t32-,33-,34-,35-/m0/s1. The number of hydrogen-bond acceptors (Lipinski definition) is 11. The van der Waals surface area contributed by atoms with E-state index in [1.165, 1.54) is 18.3 Å². The molecule has 4 atom stereocenters. The molecule has 19 nitrogen and oxygen atoms in total. The SMILES string of the molecule is CC(=O)N[C@@H](Cc1cncn1COCc1ccccc1)C(=O)N[C@@H](CCCCN=C(N)N)C(=O)N[C@@H](CCC(C)C)C(=O)N[C@@H](CCCN=C(N)N)C(=O)c1nc2ccccc2s1. The largest absolute Gasteiger partial charge is 0.370 e. The van der Waals surface area contributed by atoms with E-state index in [1.807, 2.05) is 62.4 Å². The minimum absolute atomic E-state index is 0.0334. The molecule has 0 spiro atoms. The van der Waals surface area contributed by atoms with Crippen molar-refractivity contribution >= 4 is 62.9 Å². The molecule has 0 fully saturated rings. The molecule has 0 saturated carbocycles. The number of para-hydroxylation sites is 1. The smallest absolute Gasteiger partial charge is 0.243 e. The minimum atomic E-state index is -1.14. The van der Waals surface area contributed by atoms with E-state index in [0.717, 1.165) is 10.3 Å². The highest BCUT2D eigenvalue weighted by Crippen LogP contribution is 2.23. The predicted molar refractivity (Wildman–Crippen MR) is 243 cm³/mol. The lowest BCUT2D eigenvalue weighted by Gasteiger charge is -2.27. The highest BCUT2D eigenvalue weighted by atomic mass is 32.1. The van der Waals surface area contributed by atoms with Crippen LogP contribution in [0.4, 0.5) is 0 Å². The molecule has 4 rings (SSSR count). The van der Waals surface area contributed by atoms with Crippen molar-refractivity contribution < 1.29 is 28.7 Å². The van der Waals surface area contributed by atoms with Crippen molar-refractivity contribution in [3.05, 3.63) is 83.4 Å². The van der Waals surface area contributed by atoms with Crippen LogP contribution in [0.2, 0.25) is 0 Å². The van der Waals surface area contributed by atoms with E-state index in [-0.39, 0.29) is 67.6 Å². The normalized spacial score (nSPS) is 13.0. The molecule has 0 radical (unpaired) electrons. The number of nitrogens with one attached hydrogen (secondary N) is 4. The highest BCUT2D eigenvalue weighted by molar-refractivity contribution is 7.20. The number of benzene rings is 2. The summed E-state index contributed by atoms with van der Waals surface area (Å²) in [5, 5.41) is 11.5. The molecule has 0 aliphatic carbocycles. The third-order valence-corrected chi connectivity index (χ3v) is 10.9. The van der Waals surface area contributed by atoms with Gasteiger partial charge in [0, 0.05) is 38.3 Å². The molecule has 4 aromatic rings. The fraction of sp³-hybridized carbons (Fsp3) is 0.465. The van der Waals surface area contributed by atoms with Crippen LogP contribution in [-0.2, 0) is 43.7 Å². The van der Waals surface area contributed by atoms with Crippen LogP contribution in [0, 0.1) is 5.92 Å². The number of aromatic nitrogens is 3. The number of carbonyl (C=O) groups excluding carboxylic acids is 5. The van der Waals surface area contributed by atoms with Gasteiger partial charge in [-0.2, -0.15) is 0 Å². The lowest BCUT2D eigenvalue weighted by molar-refractivity contribution is -0.133. The summed E-state index contributed by atoms with van der Waals surface area (Å²) in [6.07, 6.45) is 5.60. The van der Waals surface area contributed by atoms with Gasteiger partial charge in [-0.25, -0.2) is 9.97 Å².